The SMILES string of the molecule is O=C(Cc1cnc2ccc(C#CCO)nn2c1=O)NCc1ccc(Cl)cc1. The molecular weight excluding hydrogens is 368 g/mol. The summed E-state index contributed by atoms with van der Waals surface area (Å²) in [5.74, 6) is 4.79. The molecule has 8 heteroatoms. The minimum absolute atomic E-state index is 0.114. The molecular formula is C19H15ClN4O3. The second kappa shape index (κ2) is 8.45. The Morgan fingerprint density at radius 1 is 1.22 bits per heavy atom. The standard InChI is InChI=1S/C19H15ClN4O3/c20-15-5-3-13(4-6-15)11-22-18(26)10-14-12-21-17-8-7-16(2-1-9-25)23-24(17)19(14)27/h3-8,12,25H,9-11H2,(H,22,26). The number of aliphatic hydroxyl groups is 1. The average molecular weight is 383 g/mol. The number of nitrogens with zero attached hydrogens (tertiary/aromatic N) is 3. The lowest BCUT2D eigenvalue weighted by Gasteiger charge is -2.06. The summed E-state index contributed by atoms with van der Waals surface area (Å²) in [6.45, 7) is 0.0260. The Morgan fingerprint density at radius 2 is 2.00 bits per heavy atom. The third kappa shape index (κ3) is 4.70. The molecule has 27 heavy (non-hydrogen) atoms. The Hall–Kier alpha value is -3.21. The molecule has 0 aliphatic rings. The molecule has 2 N–H and O–H groups in total. The number of hydrogen-bond acceptors (Lipinski definition) is 5. The molecule has 2 aromatic heterocycles. The van der Waals surface area contributed by atoms with Gasteiger partial charge in [-0.1, -0.05) is 29.7 Å². The van der Waals surface area contributed by atoms with E-state index in [2.05, 4.69) is 27.2 Å². The number of amides is 1. The average Bonchev–Trinajstić information content (AvgIpc) is 2.68. The fourth-order valence-electron chi connectivity index (χ4n) is 2.36. The summed E-state index contributed by atoms with van der Waals surface area (Å²) in [6, 6.07) is 10.3. The molecule has 1 amide bonds. The fraction of sp³-hybridized carbons (Fsp3) is 0.158. The quantitative estimate of drug-likeness (QED) is 0.655. The smallest absolute Gasteiger partial charge is 0.278 e. The van der Waals surface area contributed by atoms with Gasteiger partial charge in [0, 0.05) is 23.3 Å². The molecule has 0 saturated heterocycles. The van der Waals surface area contributed by atoms with Gasteiger partial charge in [-0.05, 0) is 35.7 Å². The van der Waals surface area contributed by atoms with Crippen LogP contribution in [0.4, 0.5) is 0 Å². The molecule has 2 heterocycles. The van der Waals surface area contributed by atoms with Gasteiger partial charge in [0.15, 0.2) is 5.65 Å². The number of carbonyl (C=O) groups is 1. The highest BCUT2D eigenvalue weighted by molar-refractivity contribution is 6.30. The van der Waals surface area contributed by atoms with Crippen molar-refractivity contribution in [1.29, 1.82) is 0 Å². The highest BCUT2D eigenvalue weighted by atomic mass is 35.5. The van der Waals surface area contributed by atoms with E-state index in [1.165, 1.54) is 6.20 Å². The third-order valence-electron chi connectivity index (χ3n) is 3.68. The van der Waals surface area contributed by atoms with E-state index < -0.39 is 5.56 Å². The molecule has 0 atom stereocenters. The first-order chi connectivity index (χ1) is 13.1. The van der Waals surface area contributed by atoms with Crippen LogP contribution in [-0.4, -0.2) is 32.2 Å². The monoisotopic (exact) mass is 382 g/mol. The number of fused-ring (bicyclic) bond motifs is 1. The van der Waals surface area contributed by atoms with Gasteiger partial charge in [-0.25, -0.2) is 4.98 Å². The van der Waals surface area contributed by atoms with Crippen molar-refractivity contribution < 1.29 is 9.90 Å². The zero-order chi connectivity index (χ0) is 19.2. The molecule has 3 rings (SSSR count). The van der Waals surface area contributed by atoms with E-state index in [9.17, 15) is 9.59 Å². The number of aliphatic hydroxyl groups excluding tert-OH is 1. The Morgan fingerprint density at radius 3 is 2.74 bits per heavy atom. The van der Waals surface area contributed by atoms with Crippen LogP contribution in [0.15, 0.2) is 47.4 Å². The lowest BCUT2D eigenvalue weighted by Crippen LogP contribution is -2.29. The number of benzene rings is 1. The van der Waals surface area contributed by atoms with E-state index in [4.69, 9.17) is 16.7 Å². The van der Waals surface area contributed by atoms with Gasteiger partial charge >= 0.3 is 0 Å². The van der Waals surface area contributed by atoms with Gasteiger partial charge in [0.2, 0.25) is 5.91 Å². The molecule has 0 aliphatic heterocycles. The molecule has 0 aliphatic carbocycles. The van der Waals surface area contributed by atoms with Gasteiger partial charge in [0.25, 0.3) is 5.56 Å². The molecule has 0 bridgehead atoms. The van der Waals surface area contributed by atoms with Crippen molar-refractivity contribution in [1.82, 2.24) is 19.9 Å². The topological polar surface area (TPSA) is 96.6 Å². The minimum atomic E-state index is -0.436. The van der Waals surface area contributed by atoms with Crippen LogP contribution >= 0.6 is 11.6 Å². The van der Waals surface area contributed by atoms with Gasteiger partial charge in [-0.2, -0.15) is 9.61 Å². The summed E-state index contributed by atoms with van der Waals surface area (Å²) in [5.41, 5.74) is 1.36. The predicted octanol–water partition coefficient (Wildman–Crippen LogP) is 0.946. The van der Waals surface area contributed by atoms with Crippen LogP contribution in [0, 0.1) is 11.8 Å². The van der Waals surface area contributed by atoms with Crippen molar-refractivity contribution in [3.05, 3.63) is 74.8 Å². The summed E-state index contributed by atoms with van der Waals surface area (Å²) in [5, 5.41) is 16.2. The number of rotatable bonds is 4. The molecule has 3 aromatic rings. The molecule has 0 spiro atoms. The van der Waals surface area contributed by atoms with Gasteiger partial charge in [0.05, 0.1) is 6.42 Å². The van der Waals surface area contributed by atoms with Gasteiger partial charge in [0.1, 0.15) is 12.3 Å². The number of carbonyl (C=O) groups excluding carboxylic acids is 1. The maximum absolute atomic E-state index is 12.6. The number of halogens is 1. The van der Waals surface area contributed by atoms with Crippen molar-refractivity contribution >= 4 is 23.2 Å². The van der Waals surface area contributed by atoms with Crippen molar-refractivity contribution in [2.45, 2.75) is 13.0 Å². The highest BCUT2D eigenvalue weighted by Crippen LogP contribution is 2.09. The molecule has 7 nitrogen and oxygen atoms in total. The first-order valence-electron chi connectivity index (χ1n) is 8.05. The number of hydrogen-bond donors (Lipinski definition) is 2. The summed E-state index contributed by atoms with van der Waals surface area (Å²) in [7, 11) is 0. The van der Waals surface area contributed by atoms with E-state index in [0.29, 0.717) is 22.9 Å². The number of nitrogens with one attached hydrogen (secondary N) is 1. The van der Waals surface area contributed by atoms with Crippen molar-refractivity contribution in [3.63, 3.8) is 0 Å². The molecule has 136 valence electrons. The predicted molar refractivity (Wildman–Crippen MR) is 100 cm³/mol. The fourth-order valence-corrected chi connectivity index (χ4v) is 2.48. The molecule has 0 unspecified atom stereocenters. The second-order valence-corrected chi connectivity index (χ2v) is 6.05. The Bertz CT molecular complexity index is 1100. The first kappa shape index (κ1) is 18.6. The molecule has 1 aromatic carbocycles. The zero-order valence-electron chi connectivity index (χ0n) is 14.1. The van der Waals surface area contributed by atoms with Crippen LogP contribution in [0.1, 0.15) is 16.8 Å². The van der Waals surface area contributed by atoms with Crippen LogP contribution in [0.3, 0.4) is 0 Å². The largest absolute Gasteiger partial charge is 0.384 e. The van der Waals surface area contributed by atoms with Crippen LogP contribution in [0.5, 0.6) is 0 Å². The second-order valence-electron chi connectivity index (χ2n) is 5.62. The summed E-state index contributed by atoms with van der Waals surface area (Å²) in [4.78, 5) is 28.9. The van der Waals surface area contributed by atoms with Crippen LogP contribution in [-0.2, 0) is 17.8 Å². The molecule has 0 radical (unpaired) electrons. The Kier molecular flexibility index (Phi) is 5.81. The molecule has 0 fully saturated rings. The molecule has 0 saturated carbocycles. The van der Waals surface area contributed by atoms with E-state index in [0.717, 1.165) is 10.1 Å². The van der Waals surface area contributed by atoms with E-state index >= 15 is 0 Å². The Labute approximate surface area is 159 Å². The normalized spacial score (nSPS) is 10.3. The number of aromatic nitrogens is 3. The summed E-state index contributed by atoms with van der Waals surface area (Å²) >= 11 is 5.83. The third-order valence-corrected chi connectivity index (χ3v) is 3.94. The van der Waals surface area contributed by atoms with E-state index in [1.807, 2.05) is 12.1 Å². The van der Waals surface area contributed by atoms with Gasteiger partial charge in [-0.15, -0.1) is 0 Å². The van der Waals surface area contributed by atoms with E-state index in [1.54, 1.807) is 24.3 Å². The first-order valence-corrected chi connectivity index (χ1v) is 8.43. The maximum Gasteiger partial charge on any atom is 0.278 e. The highest BCUT2D eigenvalue weighted by Gasteiger charge is 2.11. The summed E-state index contributed by atoms with van der Waals surface area (Å²) in [6.07, 6.45) is 1.26. The Balaban J connectivity index is 1.75. The maximum atomic E-state index is 12.6. The van der Waals surface area contributed by atoms with Crippen LogP contribution in [0.25, 0.3) is 5.65 Å². The van der Waals surface area contributed by atoms with Crippen LogP contribution < -0.4 is 10.9 Å². The van der Waals surface area contributed by atoms with Crippen molar-refractivity contribution in [2.24, 2.45) is 0 Å². The van der Waals surface area contributed by atoms with Crippen LogP contribution in [0.2, 0.25) is 5.02 Å². The van der Waals surface area contributed by atoms with Gasteiger partial charge < -0.3 is 10.4 Å². The lowest BCUT2D eigenvalue weighted by atomic mass is 10.2. The zero-order valence-corrected chi connectivity index (χ0v) is 14.9. The van der Waals surface area contributed by atoms with Crippen molar-refractivity contribution in [3.8, 4) is 11.8 Å². The van der Waals surface area contributed by atoms with Crippen molar-refractivity contribution in [2.75, 3.05) is 6.61 Å². The van der Waals surface area contributed by atoms with Gasteiger partial charge in [-0.3, -0.25) is 9.59 Å². The summed E-state index contributed by atoms with van der Waals surface area (Å²) < 4.78 is 1.10. The van der Waals surface area contributed by atoms with E-state index in [-0.39, 0.29) is 24.5 Å². The lowest BCUT2D eigenvalue weighted by molar-refractivity contribution is -0.120. The minimum Gasteiger partial charge on any atom is -0.384 e.